The Morgan fingerprint density at radius 1 is 1.08 bits per heavy atom. The first-order valence-electron chi connectivity index (χ1n) is 12.8. The van der Waals surface area contributed by atoms with Crippen LogP contribution in [0.25, 0.3) is 22.0 Å². The fourth-order valence-corrected chi connectivity index (χ4v) is 5.86. The monoisotopic (exact) mass is 564 g/mol. The summed E-state index contributed by atoms with van der Waals surface area (Å²) in [6.45, 7) is 1.49. The highest BCUT2D eigenvalue weighted by Crippen LogP contribution is 2.37. The number of nitrogens with two attached hydrogens (primary N) is 1. The number of carbonyl (C=O) groups is 1. The van der Waals surface area contributed by atoms with Crippen LogP contribution in [0.3, 0.4) is 0 Å². The van der Waals surface area contributed by atoms with Crippen molar-refractivity contribution in [3.8, 4) is 11.1 Å². The van der Waals surface area contributed by atoms with Crippen LogP contribution in [0, 0.1) is 5.92 Å². The molecule has 1 amide bonds. The lowest BCUT2D eigenvalue weighted by Crippen LogP contribution is -2.45. The van der Waals surface area contributed by atoms with Crippen molar-refractivity contribution in [2.45, 2.75) is 24.2 Å². The van der Waals surface area contributed by atoms with E-state index in [9.17, 15) is 18.0 Å². The topological polar surface area (TPSA) is 125 Å². The van der Waals surface area contributed by atoms with Gasteiger partial charge in [-0.2, -0.15) is 0 Å². The van der Waals surface area contributed by atoms with E-state index in [-0.39, 0.29) is 22.3 Å². The number of fused-ring (bicyclic) bond motifs is 1. The van der Waals surface area contributed by atoms with Crippen LogP contribution in [-0.4, -0.2) is 38.9 Å². The van der Waals surface area contributed by atoms with Crippen LogP contribution >= 0.6 is 11.6 Å². The van der Waals surface area contributed by atoms with Gasteiger partial charge >= 0.3 is 0 Å². The lowest BCUT2D eigenvalue weighted by atomic mass is 9.94. The molecule has 1 aliphatic heterocycles. The standard InChI is InChI=1S/C29H29ClN4O4S/c30-22-10-13-25-24(17-22)26(20-5-2-1-3-6-20)27(29(36)33-25)34-16-4-7-21(18-34)28(35)32-15-14-19-8-11-23(12-9-19)39(31,37)38/h1-3,5-6,8-13,17,21H,4,7,14-16,18H2,(H,32,35)(H,33,36)(H2,31,37,38). The van der Waals surface area contributed by atoms with E-state index >= 15 is 0 Å². The Hall–Kier alpha value is -3.66. The van der Waals surface area contributed by atoms with Crippen molar-refractivity contribution in [2.24, 2.45) is 11.1 Å². The van der Waals surface area contributed by atoms with Crippen LogP contribution in [0.15, 0.2) is 82.5 Å². The van der Waals surface area contributed by atoms with Gasteiger partial charge in [0, 0.05) is 41.1 Å². The molecule has 4 aromatic rings. The second-order valence-electron chi connectivity index (χ2n) is 9.75. The molecular formula is C29H29ClN4O4S. The smallest absolute Gasteiger partial charge is 0.272 e. The predicted molar refractivity (Wildman–Crippen MR) is 154 cm³/mol. The van der Waals surface area contributed by atoms with Crippen molar-refractivity contribution < 1.29 is 13.2 Å². The van der Waals surface area contributed by atoms with Crippen LogP contribution in [0.4, 0.5) is 5.69 Å². The van der Waals surface area contributed by atoms with Crippen molar-refractivity contribution in [3.05, 3.63) is 93.7 Å². The number of piperidine rings is 1. The summed E-state index contributed by atoms with van der Waals surface area (Å²) in [6, 6.07) is 21.5. The van der Waals surface area contributed by atoms with Crippen molar-refractivity contribution in [1.29, 1.82) is 0 Å². The van der Waals surface area contributed by atoms with E-state index in [1.54, 1.807) is 18.2 Å². The zero-order chi connectivity index (χ0) is 27.6. The Balaban J connectivity index is 1.35. The van der Waals surface area contributed by atoms with E-state index in [0.717, 1.165) is 34.9 Å². The number of hydrogen-bond acceptors (Lipinski definition) is 5. The fourth-order valence-electron chi connectivity index (χ4n) is 5.17. The van der Waals surface area contributed by atoms with Crippen LogP contribution in [0.1, 0.15) is 18.4 Å². The highest BCUT2D eigenvalue weighted by atomic mass is 35.5. The summed E-state index contributed by atoms with van der Waals surface area (Å²) in [5.41, 5.74) is 3.65. The maximum Gasteiger partial charge on any atom is 0.272 e. The molecule has 1 atom stereocenters. The molecule has 8 nitrogen and oxygen atoms in total. The molecule has 1 aromatic heterocycles. The summed E-state index contributed by atoms with van der Waals surface area (Å²) in [7, 11) is -3.74. The Morgan fingerprint density at radius 2 is 1.82 bits per heavy atom. The summed E-state index contributed by atoms with van der Waals surface area (Å²) in [4.78, 5) is 31.6. The Morgan fingerprint density at radius 3 is 2.54 bits per heavy atom. The first-order valence-corrected chi connectivity index (χ1v) is 14.7. The number of sulfonamides is 1. The summed E-state index contributed by atoms with van der Waals surface area (Å²) < 4.78 is 22.9. The molecule has 0 bridgehead atoms. The highest BCUT2D eigenvalue weighted by molar-refractivity contribution is 7.89. The molecular weight excluding hydrogens is 536 g/mol. The van der Waals surface area contributed by atoms with E-state index in [2.05, 4.69) is 10.3 Å². The number of aromatic nitrogens is 1. The quantitative estimate of drug-likeness (QED) is 0.312. The number of aromatic amines is 1. The molecule has 1 unspecified atom stereocenters. The second-order valence-corrected chi connectivity index (χ2v) is 11.7. The van der Waals surface area contributed by atoms with Crippen molar-refractivity contribution in [2.75, 3.05) is 24.5 Å². The van der Waals surface area contributed by atoms with Crippen molar-refractivity contribution in [3.63, 3.8) is 0 Å². The van der Waals surface area contributed by atoms with Crippen molar-refractivity contribution >= 4 is 44.1 Å². The molecule has 10 heteroatoms. The molecule has 5 rings (SSSR count). The summed E-state index contributed by atoms with van der Waals surface area (Å²) in [5.74, 6) is -0.344. The number of benzene rings is 3. The van der Waals surface area contributed by atoms with E-state index in [1.165, 1.54) is 12.1 Å². The Kier molecular flexibility index (Phi) is 7.74. The number of nitrogens with zero attached hydrogens (tertiary/aromatic N) is 1. The number of hydrogen-bond donors (Lipinski definition) is 3. The van der Waals surface area contributed by atoms with Gasteiger partial charge in [-0.3, -0.25) is 9.59 Å². The molecule has 3 aromatic carbocycles. The van der Waals surface area contributed by atoms with E-state index in [1.807, 2.05) is 47.4 Å². The van der Waals surface area contributed by atoms with Crippen LogP contribution < -0.4 is 20.9 Å². The summed E-state index contributed by atoms with van der Waals surface area (Å²) in [6.07, 6.45) is 2.05. The third-order valence-corrected chi connectivity index (χ3v) is 8.25. The number of carbonyl (C=O) groups excluding carboxylic acids is 1. The maximum atomic E-state index is 13.4. The minimum absolute atomic E-state index is 0.0541. The number of pyridine rings is 1. The number of H-pyrrole nitrogens is 1. The molecule has 2 heterocycles. The first-order chi connectivity index (χ1) is 18.7. The average Bonchev–Trinajstić information content (AvgIpc) is 2.93. The van der Waals surface area contributed by atoms with Crippen molar-refractivity contribution in [1.82, 2.24) is 10.3 Å². The zero-order valence-corrected chi connectivity index (χ0v) is 22.8. The van der Waals surface area contributed by atoms with Gasteiger partial charge in [0.15, 0.2) is 0 Å². The van der Waals surface area contributed by atoms with Crippen LogP contribution in [0.2, 0.25) is 5.02 Å². The van der Waals surface area contributed by atoms with Crippen LogP contribution in [-0.2, 0) is 21.2 Å². The lowest BCUT2D eigenvalue weighted by Gasteiger charge is -2.34. The van der Waals surface area contributed by atoms with Gasteiger partial charge in [0.2, 0.25) is 15.9 Å². The Labute approximate surface area is 231 Å². The number of primary sulfonamides is 1. The van der Waals surface area contributed by atoms with Gasteiger partial charge in [-0.05, 0) is 60.7 Å². The number of nitrogens with one attached hydrogen (secondary N) is 2. The zero-order valence-electron chi connectivity index (χ0n) is 21.2. The van der Waals surface area contributed by atoms with E-state index in [0.29, 0.717) is 42.3 Å². The molecule has 1 aliphatic rings. The fraction of sp³-hybridized carbons (Fsp3) is 0.241. The van der Waals surface area contributed by atoms with Gasteiger partial charge in [-0.1, -0.05) is 54.1 Å². The number of amides is 1. The minimum atomic E-state index is -3.74. The van der Waals surface area contributed by atoms with Crippen LogP contribution in [0.5, 0.6) is 0 Å². The molecule has 0 radical (unpaired) electrons. The average molecular weight is 565 g/mol. The number of anilines is 1. The van der Waals surface area contributed by atoms with E-state index in [4.69, 9.17) is 16.7 Å². The normalized spacial score (nSPS) is 15.8. The molecule has 4 N–H and O–H groups in total. The highest BCUT2D eigenvalue weighted by Gasteiger charge is 2.29. The van der Waals surface area contributed by atoms with Gasteiger partial charge < -0.3 is 15.2 Å². The molecule has 1 saturated heterocycles. The Bertz CT molecular complexity index is 1670. The maximum absolute atomic E-state index is 13.4. The summed E-state index contributed by atoms with van der Waals surface area (Å²) in [5, 5.41) is 9.58. The first kappa shape index (κ1) is 26.9. The number of rotatable bonds is 7. The molecule has 0 spiro atoms. The van der Waals surface area contributed by atoms with Gasteiger partial charge in [-0.15, -0.1) is 0 Å². The lowest BCUT2D eigenvalue weighted by molar-refractivity contribution is -0.125. The number of halogens is 1. The molecule has 0 aliphatic carbocycles. The molecule has 1 fully saturated rings. The van der Waals surface area contributed by atoms with Gasteiger partial charge in [0.05, 0.1) is 10.8 Å². The summed E-state index contributed by atoms with van der Waals surface area (Å²) >= 11 is 6.35. The third kappa shape index (κ3) is 6.00. The second kappa shape index (κ2) is 11.2. The SMILES string of the molecule is NS(=O)(=O)c1ccc(CCNC(=O)C2CCCN(c3c(-c4ccccc4)c4cc(Cl)ccc4[nH]c3=O)C2)cc1. The largest absolute Gasteiger partial charge is 0.366 e. The molecule has 0 saturated carbocycles. The van der Waals surface area contributed by atoms with Gasteiger partial charge in [0.25, 0.3) is 5.56 Å². The molecule has 202 valence electrons. The van der Waals surface area contributed by atoms with Gasteiger partial charge in [-0.25, -0.2) is 13.6 Å². The minimum Gasteiger partial charge on any atom is -0.366 e. The van der Waals surface area contributed by atoms with Gasteiger partial charge in [0.1, 0.15) is 5.69 Å². The predicted octanol–water partition coefficient (Wildman–Crippen LogP) is 4.07. The third-order valence-electron chi connectivity index (χ3n) is 7.09. The molecule has 39 heavy (non-hydrogen) atoms. The van der Waals surface area contributed by atoms with E-state index < -0.39 is 10.0 Å².